The summed E-state index contributed by atoms with van der Waals surface area (Å²) >= 11 is 0. The number of fused-ring (bicyclic) bond motifs is 1. The Morgan fingerprint density at radius 1 is 0.909 bits per heavy atom. The SMILES string of the molecule is CC(C)Oc1cc2nc(C3CCN(CCN4CCC(c5ccc(CN6CCC(=O)NC6=O)cc5)CC4)CC3)cn2cc1NC(=O)c1cccc(C(F)(F)F)n1. The van der Waals surface area contributed by atoms with Crippen molar-refractivity contribution in [3.8, 4) is 5.75 Å². The number of alkyl halides is 3. The first-order valence-corrected chi connectivity index (χ1v) is 19.0. The molecule has 12 nitrogen and oxygen atoms in total. The number of carbonyl (C=O) groups excluding carboxylic acids is 3. The largest absolute Gasteiger partial charge is 0.489 e. The Kier molecular flexibility index (Phi) is 11.4. The summed E-state index contributed by atoms with van der Waals surface area (Å²) in [5.41, 5.74) is 2.85. The fraction of sp³-hybridized carbons (Fsp3) is 0.475. The van der Waals surface area contributed by atoms with Crippen LogP contribution in [0.3, 0.4) is 0 Å². The molecule has 6 heterocycles. The number of halogens is 3. The maximum absolute atomic E-state index is 13.2. The molecule has 0 saturated carbocycles. The van der Waals surface area contributed by atoms with E-state index in [1.807, 2.05) is 24.4 Å². The maximum Gasteiger partial charge on any atom is 0.433 e. The molecular formula is C40H47F3N8O4. The van der Waals surface area contributed by atoms with Crippen molar-refractivity contribution in [3.05, 3.63) is 89.1 Å². The number of hydrogen-bond donors (Lipinski definition) is 2. The number of hydrogen-bond acceptors (Lipinski definition) is 8. The minimum atomic E-state index is -4.66. The van der Waals surface area contributed by atoms with Crippen molar-refractivity contribution in [2.45, 2.75) is 76.6 Å². The number of imide groups is 1. The molecule has 15 heteroatoms. The molecule has 3 aliphatic rings. The lowest BCUT2D eigenvalue weighted by molar-refractivity contribution is -0.141. The highest BCUT2D eigenvalue weighted by Crippen LogP contribution is 2.33. The normalized spacial score (nSPS) is 18.3. The highest BCUT2D eigenvalue weighted by Gasteiger charge is 2.33. The number of benzene rings is 1. The van der Waals surface area contributed by atoms with E-state index < -0.39 is 17.8 Å². The molecule has 7 rings (SSSR count). The minimum Gasteiger partial charge on any atom is -0.489 e. The van der Waals surface area contributed by atoms with Crippen LogP contribution < -0.4 is 15.4 Å². The molecule has 0 unspecified atom stereocenters. The quantitative estimate of drug-likeness (QED) is 0.183. The van der Waals surface area contributed by atoms with E-state index in [4.69, 9.17) is 9.72 Å². The average molecular weight is 761 g/mol. The number of urea groups is 1. The maximum atomic E-state index is 13.2. The van der Waals surface area contributed by atoms with Gasteiger partial charge in [-0.05, 0) is 94.9 Å². The Morgan fingerprint density at radius 2 is 1.58 bits per heavy atom. The van der Waals surface area contributed by atoms with Gasteiger partial charge in [-0.15, -0.1) is 0 Å². The number of pyridine rings is 2. The van der Waals surface area contributed by atoms with Crippen LogP contribution in [0.1, 0.15) is 90.8 Å². The van der Waals surface area contributed by atoms with Gasteiger partial charge in [0.1, 0.15) is 28.5 Å². The molecule has 2 N–H and O–H groups in total. The van der Waals surface area contributed by atoms with Crippen molar-refractivity contribution in [1.29, 1.82) is 0 Å². The second-order valence-corrected chi connectivity index (χ2v) is 15.0. The van der Waals surface area contributed by atoms with Crippen LogP contribution in [0.25, 0.3) is 5.65 Å². The zero-order valence-electron chi connectivity index (χ0n) is 31.1. The molecule has 3 fully saturated rings. The van der Waals surface area contributed by atoms with E-state index in [1.165, 1.54) is 11.6 Å². The van der Waals surface area contributed by atoms with E-state index in [9.17, 15) is 27.6 Å². The number of ether oxygens (including phenoxy) is 1. The third-order valence-electron chi connectivity index (χ3n) is 10.7. The van der Waals surface area contributed by atoms with Crippen LogP contribution in [0.4, 0.5) is 23.7 Å². The van der Waals surface area contributed by atoms with Crippen molar-refractivity contribution in [2.75, 3.05) is 51.1 Å². The molecule has 0 radical (unpaired) electrons. The Hall–Kier alpha value is -5.02. The molecular weight excluding hydrogens is 713 g/mol. The molecule has 0 atom stereocenters. The van der Waals surface area contributed by atoms with Crippen molar-refractivity contribution in [3.63, 3.8) is 0 Å². The zero-order valence-corrected chi connectivity index (χ0v) is 31.1. The van der Waals surface area contributed by atoms with Gasteiger partial charge in [-0.3, -0.25) is 14.9 Å². The molecule has 292 valence electrons. The Balaban J connectivity index is 0.887. The van der Waals surface area contributed by atoms with E-state index in [0.717, 1.165) is 88.3 Å². The fourth-order valence-corrected chi connectivity index (χ4v) is 7.67. The van der Waals surface area contributed by atoms with Crippen LogP contribution in [0.2, 0.25) is 0 Å². The second kappa shape index (κ2) is 16.4. The van der Waals surface area contributed by atoms with Gasteiger partial charge in [0.2, 0.25) is 5.91 Å². The van der Waals surface area contributed by atoms with Crippen LogP contribution in [-0.2, 0) is 17.5 Å². The first-order chi connectivity index (χ1) is 26.4. The summed E-state index contributed by atoms with van der Waals surface area (Å²) in [6.45, 7) is 10.8. The lowest BCUT2D eigenvalue weighted by Gasteiger charge is -2.36. The van der Waals surface area contributed by atoms with Gasteiger partial charge in [-0.25, -0.2) is 14.8 Å². The molecule has 3 saturated heterocycles. The first kappa shape index (κ1) is 38.3. The van der Waals surface area contributed by atoms with Crippen molar-refractivity contribution >= 4 is 29.2 Å². The third-order valence-corrected chi connectivity index (χ3v) is 10.7. The predicted molar refractivity (Wildman–Crippen MR) is 200 cm³/mol. The molecule has 3 aromatic heterocycles. The number of piperidine rings is 2. The highest BCUT2D eigenvalue weighted by molar-refractivity contribution is 6.03. The third kappa shape index (κ3) is 9.45. The van der Waals surface area contributed by atoms with E-state index in [1.54, 1.807) is 17.2 Å². The smallest absolute Gasteiger partial charge is 0.433 e. The number of amides is 4. The second-order valence-electron chi connectivity index (χ2n) is 15.0. The number of nitrogens with one attached hydrogen (secondary N) is 2. The summed E-state index contributed by atoms with van der Waals surface area (Å²) in [7, 11) is 0. The van der Waals surface area contributed by atoms with Gasteiger partial charge in [-0.2, -0.15) is 13.2 Å². The minimum absolute atomic E-state index is 0.216. The van der Waals surface area contributed by atoms with Gasteiger partial charge >= 0.3 is 12.2 Å². The topological polar surface area (TPSA) is 124 Å². The van der Waals surface area contributed by atoms with Crippen LogP contribution in [0.5, 0.6) is 5.75 Å². The molecule has 0 spiro atoms. The Labute approximate surface area is 318 Å². The first-order valence-electron chi connectivity index (χ1n) is 19.0. The monoisotopic (exact) mass is 760 g/mol. The summed E-state index contributed by atoms with van der Waals surface area (Å²) in [6, 6.07) is 13.2. The van der Waals surface area contributed by atoms with Crippen molar-refractivity contribution in [1.82, 2.24) is 34.4 Å². The summed E-state index contributed by atoms with van der Waals surface area (Å²) in [6.07, 6.45) is 3.28. The van der Waals surface area contributed by atoms with Gasteiger partial charge in [-0.1, -0.05) is 30.3 Å². The number of imidazole rings is 1. The van der Waals surface area contributed by atoms with Gasteiger partial charge < -0.3 is 29.2 Å². The number of carbonyl (C=O) groups is 3. The van der Waals surface area contributed by atoms with Gasteiger partial charge in [0.15, 0.2) is 0 Å². The Morgan fingerprint density at radius 3 is 2.22 bits per heavy atom. The molecule has 0 bridgehead atoms. The summed E-state index contributed by atoms with van der Waals surface area (Å²) in [5, 5.41) is 5.07. The Bertz CT molecular complexity index is 2000. The van der Waals surface area contributed by atoms with Gasteiger partial charge in [0.25, 0.3) is 5.91 Å². The summed E-state index contributed by atoms with van der Waals surface area (Å²) in [5.74, 6) is 0.185. The summed E-state index contributed by atoms with van der Waals surface area (Å²) < 4.78 is 47.5. The van der Waals surface area contributed by atoms with Crippen molar-refractivity contribution in [2.24, 2.45) is 0 Å². The van der Waals surface area contributed by atoms with E-state index in [-0.39, 0.29) is 29.7 Å². The molecule has 0 aliphatic carbocycles. The molecule has 4 aromatic rings. The van der Waals surface area contributed by atoms with Crippen molar-refractivity contribution < 1.29 is 32.3 Å². The molecule has 4 amide bonds. The number of likely N-dealkylation sites (tertiary alicyclic amines) is 2. The van der Waals surface area contributed by atoms with E-state index >= 15 is 0 Å². The van der Waals surface area contributed by atoms with Gasteiger partial charge in [0.05, 0.1) is 11.8 Å². The fourth-order valence-electron chi connectivity index (χ4n) is 7.67. The predicted octanol–water partition coefficient (Wildman–Crippen LogP) is 6.29. The average Bonchev–Trinajstić information content (AvgIpc) is 3.58. The van der Waals surface area contributed by atoms with E-state index in [2.05, 4.69) is 49.7 Å². The van der Waals surface area contributed by atoms with Gasteiger partial charge in [0, 0.05) is 57.0 Å². The van der Waals surface area contributed by atoms with Crippen LogP contribution >= 0.6 is 0 Å². The number of aromatic nitrogens is 3. The number of rotatable bonds is 11. The van der Waals surface area contributed by atoms with E-state index in [0.29, 0.717) is 42.5 Å². The lowest BCUT2D eigenvalue weighted by Crippen LogP contribution is -2.48. The van der Waals surface area contributed by atoms with Crippen LogP contribution in [0.15, 0.2) is 60.9 Å². The number of anilines is 1. The molecule has 3 aliphatic heterocycles. The lowest BCUT2D eigenvalue weighted by atomic mass is 9.89. The number of nitrogens with zero attached hydrogens (tertiary/aromatic N) is 6. The molecule has 1 aromatic carbocycles. The van der Waals surface area contributed by atoms with Crippen LogP contribution in [0, 0.1) is 0 Å². The standard InChI is InChI=1S/C40H47F3N8O4/c1-26(2)55-34-22-36-45-32(24-51(36)25-33(34)46-38(53)31-4-3-5-35(44-31)40(41,42)43)30-12-17-49(18-13-30)21-20-48-15-10-29(11-16-48)28-8-6-27(7-9-28)23-50-19-14-37(52)47-39(50)54/h3-9,22,24-26,29-30H,10-21,23H2,1-2H3,(H,46,53)(H,47,52,54). The zero-order chi connectivity index (χ0) is 38.7. The summed E-state index contributed by atoms with van der Waals surface area (Å²) in [4.78, 5) is 51.7. The highest BCUT2D eigenvalue weighted by atomic mass is 19.4. The molecule has 55 heavy (non-hydrogen) atoms. The van der Waals surface area contributed by atoms with Crippen LogP contribution in [-0.4, -0.2) is 98.8 Å².